The molecule has 0 aromatic carbocycles. The molecule has 1 aromatic rings. The highest BCUT2D eigenvalue weighted by Crippen LogP contribution is 2.21. The van der Waals surface area contributed by atoms with Gasteiger partial charge in [0.2, 0.25) is 5.91 Å². The van der Waals surface area contributed by atoms with Gasteiger partial charge in [-0.2, -0.15) is 5.10 Å². The highest BCUT2D eigenvalue weighted by Gasteiger charge is 2.19. The quantitative estimate of drug-likeness (QED) is 0.352. The Morgan fingerprint density at radius 1 is 1.29 bits per heavy atom. The maximum Gasteiger partial charge on any atom is 0.234 e. The number of aromatic amines is 1. The molecule has 0 radical (unpaired) electrons. The molecule has 1 aromatic heterocycles. The van der Waals surface area contributed by atoms with Gasteiger partial charge < -0.3 is 5.32 Å². The van der Waals surface area contributed by atoms with Crippen molar-refractivity contribution in [2.75, 3.05) is 5.32 Å². The predicted molar refractivity (Wildman–Crippen MR) is 120 cm³/mol. The van der Waals surface area contributed by atoms with Crippen LogP contribution >= 0.6 is 11.6 Å². The molecular formula is C22H33ClN4O. The lowest BCUT2D eigenvalue weighted by Gasteiger charge is -2.13. The number of carbonyl (C=O) groups excluding carboxylic acids is 1. The van der Waals surface area contributed by atoms with Crippen LogP contribution in [0.15, 0.2) is 46.1 Å². The van der Waals surface area contributed by atoms with E-state index in [-0.39, 0.29) is 5.91 Å². The number of hydrogen-bond donors (Lipinski definition) is 2. The number of anilines is 1. The SMILES string of the molecule is C\C=C(/N=C(\C=C/C(Cl)=C\C)CCC)C(C)C(=O)Nc1cc(C(C)CC)[nH]n1. The van der Waals surface area contributed by atoms with Gasteiger partial charge in [0.25, 0.3) is 0 Å². The molecule has 0 saturated carbocycles. The van der Waals surface area contributed by atoms with E-state index in [1.54, 1.807) is 0 Å². The first kappa shape index (κ1) is 23.9. The molecule has 2 N–H and O–H groups in total. The minimum atomic E-state index is -0.397. The third-order valence-corrected chi connectivity index (χ3v) is 4.96. The van der Waals surface area contributed by atoms with Crippen molar-refractivity contribution >= 4 is 29.0 Å². The first-order valence-corrected chi connectivity index (χ1v) is 10.3. The van der Waals surface area contributed by atoms with Crippen LogP contribution in [0.4, 0.5) is 5.82 Å². The van der Waals surface area contributed by atoms with Crippen molar-refractivity contribution in [1.82, 2.24) is 10.2 Å². The van der Waals surface area contributed by atoms with E-state index in [0.717, 1.165) is 36.4 Å². The van der Waals surface area contributed by atoms with Crippen LogP contribution in [0, 0.1) is 5.92 Å². The van der Waals surface area contributed by atoms with Gasteiger partial charge in [-0.05, 0) is 51.7 Å². The van der Waals surface area contributed by atoms with Crippen LogP contribution in [0.2, 0.25) is 0 Å². The fourth-order valence-electron chi connectivity index (χ4n) is 2.52. The number of amides is 1. The van der Waals surface area contributed by atoms with Gasteiger partial charge in [-0.25, -0.2) is 0 Å². The molecule has 0 saturated heterocycles. The first-order valence-electron chi connectivity index (χ1n) is 9.95. The van der Waals surface area contributed by atoms with Crippen molar-refractivity contribution in [3.05, 3.63) is 46.8 Å². The molecule has 1 heterocycles. The van der Waals surface area contributed by atoms with Gasteiger partial charge in [0.05, 0.1) is 5.92 Å². The molecule has 0 aliphatic carbocycles. The summed E-state index contributed by atoms with van der Waals surface area (Å²) in [5, 5.41) is 10.7. The number of aliphatic imine (C=N–C) groups is 1. The fraction of sp³-hybridized carbons (Fsp3) is 0.500. The Bertz CT molecular complexity index is 758. The van der Waals surface area contributed by atoms with Crippen LogP contribution in [-0.2, 0) is 4.79 Å². The van der Waals surface area contributed by atoms with Gasteiger partial charge in [-0.15, -0.1) is 0 Å². The molecule has 2 unspecified atom stereocenters. The minimum absolute atomic E-state index is 0.134. The Labute approximate surface area is 174 Å². The van der Waals surface area contributed by atoms with E-state index < -0.39 is 5.92 Å². The first-order chi connectivity index (χ1) is 13.4. The summed E-state index contributed by atoms with van der Waals surface area (Å²) in [5.41, 5.74) is 2.64. The number of hydrogen-bond acceptors (Lipinski definition) is 3. The normalized spacial score (nSPS) is 15.8. The Balaban J connectivity index is 2.92. The number of nitrogens with one attached hydrogen (secondary N) is 2. The standard InChI is InChI=1S/C22H33ClN4O/c1-7-11-18(13-12-17(23)9-3)24-19(10-4)16(6)22(28)25-21-14-20(26-27-21)15(5)8-2/h9-10,12-16H,7-8,11H2,1-6H3,(H2,25,26,27,28)/b13-12-,17-9+,19-10-,24-18-. The van der Waals surface area contributed by atoms with Crippen molar-refractivity contribution in [3.63, 3.8) is 0 Å². The average molecular weight is 405 g/mol. The van der Waals surface area contributed by atoms with Gasteiger partial charge in [0, 0.05) is 28.2 Å². The molecule has 1 amide bonds. The number of carbonyl (C=O) groups is 1. The van der Waals surface area contributed by atoms with Crippen molar-refractivity contribution in [2.24, 2.45) is 10.9 Å². The van der Waals surface area contributed by atoms with E-state index in [9.17, 15) is 4.79 Å². The van der Waals surface area contributed by atoms with E-state index in [1.807, 2.05) is 51.1 Å². The third kappa shape index (κ3) is 7.47. The zero-order valence-electron chi connectivity index (χ0n) is 17.8. The number of aromatic nitrogens is 2. The maximum absolute atomic E-state index is 12.7. The number of nitrogens with zero attached hydrogens (tertiary/aromatic N) is 2. The molecule has 0 spiro atoms. The molecule has 5 nitrogen and oxygen atoms in total. The highest BCUT2D eigenvalue weighted by atomic mass is 35.5. The Kier molecular flexibility index (Phi) is 10.5. The van der Waals surface area contributed by atoms with Gasteiger partial charge in [-0.3, -0.25) is 14.9 Å². The monoisotopic (exact) mass is 404 g/mol. The molecule has 28 heavy (non-hydrogen) atoms. The van der Waals surface area contributed by atoms with Crippen molar-refractivity contribution in [3.8, 4) is 0 Å². The molecular weight excluding hydrogens is 372 g/mol. The second-order valence-corrected chi connectivity index (χ2v) is 7.24. The lowest BCUT2D eigenvalue weighted by Crippen LogP contribution is -2.22. The number of allylic oxidation sites excluding steroid dienone is 5. The van der Waals surface area contributed by atoms with Crippen molar-refractivity contribution in [2.45, 2.75) is 66.7 Å². The van der Waals surface area contributed by atoms with Gasteiger partial charge in [0.1, 0.15) is 0 Å². The fourth-order valence-corrected chi connectivity index (χ4v) is 2.59. The second-order valence-electron chi connectivity index (χ2n) is 6.80. The summed E-state index contributed by atoms with van der Waals surface area (Å²) >= 11 is 6.05. The predicted octanol–water partition coefficient (Wildman–Crippen LogP) is 6.34. The summed E-state index contributed by atoms with van der Waals surface area (Å²) in [7, 11) is 0. The van der Waals surface area contributed by atoms with Crippen LogP contribution in [0.1, 0.15) is 72.4 Å². The molecule has 0 aliphatic rings. The molecule has 0 aliphatic heterocycles. The molecule has 154 valence electrons. The zero-order chi connectivity index (χ0) is 21.1. The largest absolute Gasteiger partial charge is 0.309 e. The van der Waals surface area contributed by atoms with Crippen molar-refractivity contribution in [1.29, 1.82) is 0 Å². The van der Waals surface area contributed by atoms with E-state index in [4.69, 9.17) is 16.6 Å². The number of halogens is 1. The van der Waals surface area contributed by atoms with Crippen LogP contribution in [0.25, 0.3) is 0 Å². The van der Waals surface area contributed by atoms with Gasteiger partial charge in [0.15, 0.2) is 5.82 Å². The maximum atomic E-state index is 12.7. The summed E-state index contributed by atoms with van der Waals surface area (Å²) < 4.78 is 0. The van der Waals surface area contributed by atoms with E-state index >= 15 is 0 Å². The van der Waals surface area contributed by atoms with Crippen molar-refractivity contribution < 1.29 is 4.79 Å². The molecule has 2 atom stereocenters. The van der Waals surface area contributed by atoms with Crippen LogP contribution in [0.3, 0.4) is 0 Å². The number of H-pyrrole nitrogens is 1. The summed E-state index contributed by atoms with van der Waals surface area (Å²) in [6.45, 7) is 12.0. The summed E-state index contributed by atoms with van der Waals surface area (Å²) in [6, 6.07) is 1.89. The average Bonchev–Trinajstić information content (AvgIpc) is 3.16. The van der Waals surface area contributed by atoms with E-state index in [2.05, 4.69) is 36.3 Å². The second kappa shape index (κ2) is 12.3. The minimum Gasteiger partial charge on any atom is -0.309 e. The topological polar surface area (TPSA) is 70.1 Å². The molecule has 0 fully saturated rings. The van der Waals surface area contributed by atoms with Crippen LogP contribution in [-0.4, -0.2) is 21.8 Å². The Hall–Kier alpha value is -2.14. The van der Waals surface area contributed by atoms with Crippen LogP contribution < -0.4 is 5.32 Å². The smallest absolute Gasteiger partial charge is 0.234 e. The third-order valence-electron chi connectivity index (χ3n) is 4.61. The lowest BCUT2D eigenvalue weighted by molar-refractivity contribution is -0.118. The summed E-state index contributed by atoms with van der Waals surface area (Å²) in [4.78, 5) is 17.4. The summed E-state index contributed by atoms with van der Waals surface area (Å²) in [5.74, 6) is 0.385. The van der Waals surface area contributed by atoms with E-state index in [1.165, 1.54) is 0 Å². The van der Waals surface area contributed by atoms with Gasteiger partial charge >= 0.3 is 0 Å². The van der Waals surface area contributed by atoms with Crippen LogP contribution in [0.5, 0.6) is 0 Å². The number of rotatable bonds is 10. The molecule has 1 rings (SSSR count). The zero-order valence-corrected chi connectivity index (χ0v) is 18.6. The summed E-state index contributed by atoms with van der Waals surface area (Å²) in [6.07, 6.45) is 10.2. The van der Waals surface area contributed by atoms with Gasteiger partial charge in [-0.1, -0.05) is 50.9 Å². The lowest BCUT2D eigenvalue weighted by atomic mass is 10.1. The Morgan fingerprint density at radius 2 is 2.00 bits per heavy atom. The highest BCUT2D eigenvalue weighted by molar-refractivity contribution is 6.31. The molecule has 6 heteroatoms. The molecule has 0 bridgehead atoms. The Morgan fingerprint density at radius 3 is 2.57 bits per heavy atom. The van der Waals surface area contributed by atoms with E-state index in [0.29, 0.717) is 16.8 Å².